The van der Waals surface area contributed by atoms with Crippen LogP contribution in [0.4, 0.5) is 10.7 Å². The van der Waals surface area contributed by atoms with E-state index in [1.54, 1.807) is 18.2 Å². The number of nitrogens with zero attached hydrogens (tertiary/aromatic N) is 1. The highest BCUT2D eigenvalue weighted by Crippen LogP contribution is 2.27. The summed E-state index contributed by atoms with van der Waals surface area (Å²) in [6.45, 7) is 8.14. The van der Waals surface area contributed by atoms with E-state index in [-0.39, 0.29) is 17.6 Å². The predicted octanol–water partition coefficient (Wildman–Crippen LogP) is 4.47. The van der Waals surface area contributed by atoms with Crippen LogP contribution < -0.4 is 15.5 Å². The van der Waals surface area contributed by atoms with Gasteiger partial charge in [0, 0.05) is 25.3 Å². The fraction of sp³-hybridized carbons (Fsp3) is 0.273. The molecule has 0 radical (unpaired) electrons. The van der Waals surface area contributed by atoms with Gasteiger partial charge in [0.2, 0.25) is 0 Å². The molecule has 0 saturated heterocycles. The molecule has 0 bridgehead atoms. The van der Waals surface area contributed by atoms with Crippen LogP contribution in [0.5, 0.6) is 0 Å². The molecule has 3 aromatic rings. The SMILES string of the molecule is CCN(CCNC(=O)c1sc(NC(=O)c2ccco2)cc1C)c1cccc(C)c1. The number of amides is 2. The van der Waals surface area contributed by atoms with Crippen LogP contribution in [0.15, 0.2) is 53.1 Å². The summed E-state index contributed by atoms with van der Waals surface area (Å²) in [6, 6.07) is 13.4. The molecule has 2 N–H and O–H groups in total. The number of anilines is 2. The molecule has 0 aliphatic heterocycles. The van der Waals surface area contributed by atoms with E-state index >= 15 is 0 Å². The molecule has 3 rings (SSSR count). The van der Waals surface area contributed by atoms with Gasteiger partial charge in [-0.1, -0.05) is 12.1 Å². The maximum absolute atomic E-state index is 12.6. The Bertz CT molecular complexity index is 979. The molecule has 0 aliphatic carbocycles. The lowest BCUT2D eigenvalue weighted by molar-refractivity contribution is 0.0956. The summed E-state index contributed by atoms with van der Waals surface area (Å²) in [5.74, 6) is -0.232. The zero-order valence-corrected chi connectivity index (χ0v) is 17.6. The van der Waals surface area contributed by atoms with Crippen molar-refractivity contribution in [1.29, 1.82) is 0 Å². The summed E-state index contributed by atoms with van der Waals surface area (Å²) in [5.41, 5.74) is 3.19. The minimum atomic E-state index is -0.333. The Labute approximate surface area is 174 Å². The van der Waals surface area contributed by atoms with Crippen molar-refractivity contribution in [3.8, 4) is 0 Å². The Morgan fingerprint density at radius 3 is 2.62 bits per heavy atom. The van der Waals surface area contributed by atoms with E-state index in [0.29, 0.717) is 16.4 Å². The molecule has 2 amide bonds. The van der Waals surface area contributed by atoms with E-state index in [0.717, 1.165) is 24.3 Å². The molecule has 6 nitrogen and oxygen atoms in total. The number of nitrogens with one attached hydrogen (secondary N) is 2. The van der Waals surface area contributed by atoms with Crippen molar-refractivity contribution in [1.82, 2.24) is 5.32 Å². The van der Waals surface area contributed by atoms with E-state index < -0.39 is 0 Å². The smallest absolute Gasteiger partial charge is 0.291 e. The maximum Gasteiger partial charge on any atom is 0.291 e. The Kier molecular flexibility index (Phi) is 6.72. The molecule has 0 spiro atoms. The van der Waals surface area contributed by atoms with Crippen LogP contribution in [0.25, 0.3) is 0 Å². The van der Waals surface area contributed by atoms with Gasteiger partial charge in [-0.15, -0.1) is 11.3 Å². The van der Waals surface area contributed by atoms with Gasteiger partial charge in [0.1, 0.15) is 0 Å². The summed E-state index contributed by atoms with van der Waals surface area (Å²) in [4.78, 5) is 27.5. The third-order valence-electron chi connectivity index (χ3n) is 4.52. The lowest BCUT2D eigenvalue weighted by Crippen LogP contribution is -2.34. The third-order valence-corrected chi connectivity index (χ3v) is 5.67. The van der Waals surface area contributed by atoms with Gasteiger partial charge < -0.3 is 20.0 Å². The zero-order chi connectivity index (χ0) is 20.8. The average molecular weight is 412 g/mol. The quantitative estimate of drug-likeness (QED) is 0.574. The maximum atomic E-state index is 12.6. The molecule has 0 atom stereocenters. The first kappa shape index (κ1) is 20.7. The van der Waals surface area contributed by atoms with Crippen molar-refractivity contribution in [2.75, 3.05) is 29.9 Å². The lowest BCUT2D eigenvalue weighted by atomic mass is 10.2. The van der Waals surface area contributed by atoms with Crippen LogP contribution in [0.1, 0.15) is 38.3 Å². The van der Waals surface area contributed by atoms with Gasteiger partial charge in [0.05, 0.1) is 16.1 Å². The first-order valence-corrected chi connectivity index (χ1v) is 10.3. The summed E-state index contributed by atoms with van der Waals surface area (Å²) < 4.78 is 5.09. The number of thiophene rings is 1. The fourth-order valence-corrected chi connectivity index (χ4v) is 4.01. The summed E-state index contributed by atoms with van der Waals surface area (Å²) in [6.07, 6.45) is 1.45. The van der Waals surface area contributed by atoms with Crippen LogP contribution in [0.3, 0.4) is 0 Å². The summed E-state index contributed by atoms with van der Waals surface area (Å²) in [5, 5.41) is 6.36. The van der Waals surface area contributed by atoms with E-state index in [9.17, 15) is 9.59 Å². The highest BCUT2D eigenvalue weighted by Gasteiger charge is 2.16. The van der Waals surface area contributed by atoms with Gasteiger partial charge in [-0.25, -0.2) is 0 Å². The second-order valence-electron chi connectivity index (χ2n) is 6.73. The lowest BCUT2D eigenvalue weighted by Gasteiger charge is -2.23. The second kappa shape index (κ2) is 9.43. The van der Waals surface area contributed by atoms with Crippen molar-refractivity contribution in [2.45, 2.75) is 20.8 Å². The van der Waals surface area contributed by atoms with Crippen molar-refractivity contribution >= 4 is 33.8 Å². The molecular formula is C22H25N3O3S. The molecular weight excluding hydrogens is 386 g/mol. The van der Waals surface area contributed by atoms with Crippen molar-refractivity contribution in [3.05, 3.63) is 70.5 Å². The number of furan rings is 1. The van der Waals surface area contributed by atoms with Gasteiger partial charge in [0.15, 0.2) is 5.76 Å². The Balaban J connectivity index is 1.56. The van der Waals surface area contributed by atoms with E-state index in [1.807, 2.05) is 13.0 Å². The molecule has 152 valence electrons. The normalized spacial score (nSPS) is 10.6. The van der Waals surface area contributed by atoms with Gasteiger partial charge in [-0.05, 0) is 62.2 Å². The standard InChI is InChI=1S/C22H25N3O3S/c1-4-25(17-8-5-7-15(2)13-17)11-10-23-22(27)20-16(3)14-19(29-20)24-21(26)18-9-6-12-28-18/h5-9,12-14H,4,10-11H2,1-3H3,(H,23,27)(H,24,26). The number of hydrogen-bond donors (Lipinski definition) is 2. The van der Waals surface area contributed by atoms with Crippen LogP contribution in [-0.4, -0.2) is 31.4 Å². The third kappa shape index (κ3) is 5.26. The molecule has 0 fully saturated rings. The second-order valence-corrected chi connectivity index (χ2v) is 7.78. The highest BCUT2D eigenvalue weighted by atomic mass is 32.1. The summed E-state index contributed by atoms with van der Waals surface area (Å²) >= 11 is 1.26. The zero-order valence-electron chi connectivity index (χ0n) is 16.8. The van der Waals surface area contributed by atoms with Gasteiger partial charge in [-0.3, -0.25) is 9.59 Å². The Morgan fingerprint density at radius 1 is 1.10 bits per heavy atom. The number of carbonyl (C=O) groups excluding carboxylic acids is 2. The molecule has 29 heavy (non-hydrogen) atoms. The van der Waals surface area contributed by atoms with Gasteiger partial charge in [-0.2, -0.15) is 0 Å². The van der Waals surface area contributed by atoms with Crippen molar-refractivity contribution in [3.63, 3.8) is 0 Å². The average Bonchev–Trinajstić information content (AvgIpc) is 3.35. The van der Waals surface area contributed by atoms with Crippen LogP contribution >= 0.6 is 11.3 Å². The topological polar surface area (TPSA) is 74.6 Å². The largest absolute Gasteiger partial charge is 0.459 e. The number of likely N-dealkylation sites (N-methyl/N-ethyl adjacent to an activating group) is 1. The molecule has 7 heteroatoms. The number of aryl methyl sites for hydroxylation is 2. The van der Waals surface area contributed by atoms with Crippen LogP contribution in [-0.2, 0) is 0 Å². The summed E-state index contributed by atoms with van der Waals surface area (Å²) in [7, 11) is 0. The molecule has 0 saturated carbocycles. The van der Waals surface area contributed by atoms with Crippen molar-refractivity contribution in [2.24, 2.45) is 0 Å². The first-order chi connectivity index (χ1) is 14.0. The molecule has 0 unspecified atom stereocenters. The first-order valence-electron chi connectivity index (χ1n) is 9.53. The van der Waals surface area contributed by atoms with Gasteiger partial charge in [0.25, 0.3) is 11.8 Å². The molecule has 2 heterocycles. The minimum Gasteiger partial charge on any atom is -0.459 e. The predicted molar refractivity (Wildman–Crippen MR) is 117 cm³/mol. The van der Waals surface area contributed by atoms with Gasteiger partial charge >= 0.3 is 0 Å². The van der Waals surface area contributed by atoms with Crippen molar-refractivity contribution < 1.29 is 14.0 Å². The number of carbonyl (C=O) groups is 2. The minimum absolute atomic E-state index is 0.133. The van der Waals surface area contributed by atoms with Crippen LogP contribution in [0, 0.1) is 13.8 Å². The Morgan fingerprint density at radius 2 is 1.93 bits per heavy atom. The van der Waals surface area contributed by atoms with E-state index in [2.05, 4.69) is 47.6 Å². The number of rotatable bonds is 8. The fourth-order valence-electron chi connectivity index (χ4n) is 3.03. The number of benzene rings is 1. The molecule has 1 aromatic carbocycles. The molecule has 2 aromatic heterocycles. The highest BCUT2D eigenvalue weighted by molar-refractivity contribution is 7.18. The van der Waals surface area contributed by atoms with E-state index in [1.165, 1.54) is 23.2 Å². The monoisotopic (exact) mass is 411 g/mol. The van der Waals surface area contributed by atoms with E-state index in [4.69, 9.17) is 4.42 Å². The molecule has 0 aliphatic rings. The number of hydrogen-bond acceptors (Lipinski definition) is 5. The Hall–Kier alpha value is -3.06. The van der Waals surface area contributed by atoms with Crippen LogP contribution in [0.2, 0.25) is 0 Å².